The summed E-state index contributed by atoms with van der Waals surface area (Å²) in [4.78, 5) is 86.1. The third-order valence-electron chi connectivity index (χ3n) is 11.0. The van der Waals surface area contributed by atoms with Crippen molar-refractivity contribution in [1.82, 2.24) is 26.1 Å². The molecule has 3 aliphatic heterocycles. The Bertz CT molecular complexity index is 1840. The van der Waals surface area contributed by atoms with E-state index in [-0.39, 0.29) is 49.5 Å². The molecule has 0 radical (unpaired) electrons. The number of carbonyl (C=O) groups is 6. The maximum absolute atomic E-state index is 14.4. The average Bonchev–Trinajstić information content (AvgIpc) is 3.23. The summed E-state index contributed by atoms with van der Waals surface area (Å²) in [5.74, 6) is -7.44. The van der Waals surface area contributed by atoms with Crippen molar-refractivity contribution in [2.75, 3.05) is 19.7 Å². The van der Waals surface area contributed by atoms with Crippen molar-refractivity contribution in [2.24, 2.45) is 17.8 Å². The third kappa shape index (κ3) is 14.8. The Balaban J connectivity index is 1.69. The number of benzene rings is 1. The van der Waals surface area contributed by atoms with Gasteiger partial charge in [0.25, 0.3) is 11.8 Å². The quantitative estimate of drug-likeness (QED) is 0.157. The molecule has 3 heterocycles. The number of nitrogens with zero attached hydrogens (tertiary/aromatic N) is 2. The molecule has 14 nitrogen and oxygen atoms in total. The molecule has 0 spiro atoms. The number of esters is 1. The van der Waals surface area contributed by atoms with Gasteiger partial charge in [0, 0.05) is 38.4 Å². The number of ketones is 1. The molecule has 0 aliphatic carbocycles. The van der Waals surface area contributed by atoms with E-state index in [0.29, 0.717) is 38.0 Å². The van der Waals surface area contributed by atoms with Gasteiger partial charge in [-0.15, -0.1) is 0 Å². The Morgan fingerprint density at radius 3 is 2.38 bits per heavy atom. The van der Waals surface area contributed by atoms with Gasteiger partial charge in [0.1, 0.15) is 30.0 Å². The normalized spacial score (nSPS) is 28.0. The first-order valence-corrected chi connectivity index (χ1v) is 21.2. The van der Waals surface area contributed by atoms with E-state index in [9.17, 15) is 42.7 Å². The van der Waals surface area contributed by atoms with Crippen LogP contribution in [0.5, 0.6) is 0 Å². The predicted molar refractivity (Wildman–Crippen MR) is 222 cm³/mol. The summed E-state index contributed by atoms with van der Waals surface area (Å²) in [6.07, 6.45) is 12.6. The number of hydrazine groups is 1. The average molecular weight is 854 g/mol. The van der Waals surface area contributed by atoms with Gasteiger partial charge in [0.15, 0.2) is 11.6 Å². The first-order valence-electron chi connectivity index (χ1n) is 21.2. The maximum Gasteiger partial charge on any atom is 0.325 e. The van der Waals surface area contributed by atoms with Gasteiger partial charge >= 0.3 is 5.97 Å². The van der Waals surface area contributed by atoms with E-state index in [4.69, 9.17) is 9.57 Å². The smallest absolute Gasteiger partial charge is 0.325 e. The molecule has 3 aliphatic rings. The number of rotatable bonds is 9. The predicted octanol–water partition coefficient (Wildman–Crippen LogP) is 4.49. The monoisotopic (exact) mass is 853 g/mol. The Morgan fingerprint density at radius 2 is 1.70 bits per heavy atom. The minimum atomic E-state index is -1.37. The van der Waals surface area contributed by atoms with Crippen molar-refractivity contribution in [3.63, 3.8) is 0 Å². The van der Waals surface area contributed by atoms with Crippen LogP contribution in [0.2, 0.25) is 0 Å². The third-order valence-corrected chi connectivity index (χ3v) is 11.0. The van der Waals surface area contributed by atoms with Gasteiger partial charge in [-0.05, 0) is 87.5 Å². The van der Waals surface area contributed by atoms with Crippen molar-refractivity contribution < 1.29 is 52.2 Å². The Morgan fingerprint density at radius 1 is 0.967 bits per heavy atom. The number of allylic oxidation sites excluding steroid dienone is 5. The second-order valence-electron chi connectivity index (χ2n) is 16.4. The zero-order valence-corrected chi connectivity index (χ0v) is 35.7. The van der Waals surface area contributed by atoms with Crippen LogP contribution in [0.15, 0.2) is 66.3 Å². The van der Waals surface area contributed by atoms with E-state index in [0.717, 1.165) is 25.0 Å². The summed E-state index contributed by atoms with van der Waals surface area (Å²) in [6.45, 7) is 9.40. The number of carbonyl (C=O) groups excluding carboxylic acids is 6. The summed E-state index contributed by atoms with van der Waals surface area (Å²) >= 11 is 0. The number of cyclic esters (lactones) is 1. The van der Waals surface area contributed by atoms with Crippen molar-refractivity contribution in [3.05, 3.63) is 83.5 Å². The van der Waals surface area contributed by atoms with Crippen LogP contribution < -0.4 is 16.1 Å². The zero-order valence-electron chi connectivity index (χ0n) is 35.7. The Hall–Kier alpha value is -5.06. The molecule has 4 rings (SSSR count). The second-order valence-corrected chi connectivity index (χ2v) is 16.4. The lowest BCUT2D eigenvalue weighted by Crippen LogP contribution is -2.62. The summed E-state index contributed by atoms with van der Waals surface area (Å²) in [6, 6.07) is -0.401. The van der Waals surface area contributed by atoms with E-state index in [1.54, 1.807) is 58.1 Å². The number of hydrogen-bond acceptors (Lipinski definition) is 10. The molecule has 4 amide bonds. The van der Waals surface area contributed by atoms with Crippen LogP contribution >= 0.6 is 0 Å². The number of Topliss-reactive ketones (excluding diaryl/α,β-unsaturated/α-hetero) is 1. The lowest BCUT2D eigenvalue weighted by atomic mass is 9.85. The number of aliphatic hydroxyl groups is 1. The van der Waals surface area contributed by atoms with Crippen molar-refractivity contribution in [1.29, 1.82) is 0 Å². The number of halogens is 2. The number of hydrogen-bond donors (Lipinski definition) is 4. The van der Waals surface area contributed by atoms with Crippen LogP contribution in [0, 0.1) is 29.4 Å². The second kappa shape index (κ2) is 23.8. The van der Waals surface area contributed by atoms with Crippen LogP contribution in [-0.4, -0.2) is 101 Å². The lowest BCUT2D eigenvalue weighted by molar-refractivity contribution is -0.191. The molecule has 16 heteroatoms. The highest BCUT2D eigenvalue weighted by molar-refractivity contribution is 5.93. The van der Waals surface area contributed by atoms with Crippen molar-refractivity contribution in [3.8, 4) is 0 Å². The van der Waals surface area contributed by atoms with Crippen LogP contribution in [0.25, 0.3) is 0 Å². The minimum Gasteiger partial charge on any atom is -0.456 e. The molecule has 334 valence electrons. The van der Waals surface area contributed by atoms with Crippen LogP contribution in [-0.2, 0) is 44.8 Å². The van der Waals surface area contributed by atoms with Gasteiger partial charge in [-0.2, -0.15) is 0 Å². The number of hydroxylamine groups is 2. The van der Waals surface area contributed by atoms with E-state index >= 15 is 0 Å². The first kappa shape index (κ1) is 48.6. The van der Waals surface area contributed by atoms with E-state index < -0.39 is 83.4 Å². The Labute approximate surface area is 356 Å². The summed E-state index contributed by atoms with van der Waals surface area (Å²) < 4.78 is 34.3. The van der Waals surface area contributed by atoms with Crippen molar-refractivity contribution >= 4 is 35.4 Å². The molecule has 61 heavy (non-hydrogen) atoms. The molecule has 1 aromatic carbocycles. The van der Waals surface area contributed by atoms with Gasteiger partial charge < -0.3 is 25.3 Å². The number of amides is 4. The lowest BCUT2D eigenvalue weighted by Gasteiger charge is -2.36. The first-order chi connectivity index (χ1) is 29.0. The molecule has 2 bridgehead atoms. The van der Waals surface area contributed by atoms with Crippen LogP contribution in [0.1, 0.15) is 91.5 Å². The highest BCUT2D eigenvalue weighted by atomic mass is 19.2. The highest BCUT2D eigenvalue weighted by Crippen LogP contribution is 2.24. The van der Waals surface area contributed by atoms with Gasteiger partial charge in [-0.25, -0.2) is 19.3 Å². The highest BCUT2D eigenvalue weighted by Gasteiger charge is 2.38. The standard InChI is InChI=1S/C45H61F2N5O9/c1-28(2)40-43(57)48-37(27-32-20-22-34(46)35(47)26-32)44(58)51-23-13-16-36(50-51)45(59)61-38(29(3)15-12-18-39(54)52-24-10-11-25-60-52)17-9-7-6-8-14-30(4)41(55)33(42(56)49-40)21-19-31(5)53/h6-9,12,15,18,20,22,26,28,30,33,36-38,40-41,50,55H,10-11,13-14,16-17,19,21,23-25,27H2,1-5H3,(H,48,57)(H,49,56)/b8-6+,9-7+,18-12+,29-15+/t30?,33?,36?,37?,38-,40?,41?/m0/s1. The van der Waals surface area contributed by atoms with Gasteiger partial charge in [0.2, 0.25) is 11.8 Å². The summed E-state index contributed by atoms with van der Waals surface area (Å²) in [7, 11) is 0. The summed E-state index contributed by atoms with van der Waals surface area (Å²) in [5, 5.41) is 19.4. The number of aliphatic hydroxyl groups excluding tert-OH is 1. The molecule has 1 aromatic rings. The fourth-order valence-corrected chi connectivity index (χ4v) is 7.26. The SMILES string of the molecule is CC(=O)CCC1C(=O)NC(C(C)C)C(=O)NC(Cc2ccc(F)c(F)c2)C(=O)N2CCCC(N2)C(=O)O[C@H](/C(C)=C/C=C/C(=O)N2CCCCO2)C/C=C/C=C/CC(C)C1O. The molecule has 2 saturated heterocycles. The van der Waals surface area contributed by atoms with E-state index in [2.05, 4.69) is 16.1 Å². The van der Waals surface area contributed by atoms with Crippen LogP contribution in [0.3, 0.4) is 0 Å². The van der Waals surface area contributed by atoms with Crippen LogP contribution in [0.4, 0.5) is 8.78 Å². The van der Waals surface area contributed by atoms with E-state index in [1.807, 2.05) is 6.08 Å². The minimum absolute atomic E-state index is 0.0200. The molecule has 0 aromatic heterocycles. The fraction of sp³-hybridized carbons (Fsp3) is 0.556. The molecule has 6 unspecified atom stereocenters. The van der Waals surface area contributed by atoms with Crippen molar-refractivity contribution in [2.45, 2.75) is 123 Å². The van der Waals surface area contributed by atoms with Gasteiger partial charge in [-0.1, -0.05) is 63.3 Å². The van der Waals surface area contributed by atoms with E-state index in [1.165, 1.54) is 29.1 Å². The van der Waals surface area contributed by atoms with Gasteiger partial charge in [0.05, 0.1) is 18.6 Å². The number of ether oxygens (including phenoxy) is 1. The molecule has 2 fully saturated rings. The summed E-state index contributed by atoms with van der Waals surface area (Å²) in [5.41, 5.74) is 3.77. The molecular formula is C45H61F2N5O9. The largest absolute Gasteiger partial charge is 0.456 e. The topological polar surface area (TPSA) is 184 Å². The molecule has 7 atom stereocenters. The molecule has 0 saturated carbocycles. The zero-order chi connectivity index (χ0) is 44.6. The molecule has 4 N–H and O–H groups in total. The maximum atomic E-state index is 14.4. The molecular weight excluding hydrogens is 793 g/mol. The Kier molecular flexibility index (Phi) is 19.0. The fourth-order valence-electron chi connectivity index (χ4n) is 7.26. The number of fused-ring (bicyclic) bond motifs is 2. The number of nitrogens with one attached hydrogen (secondary N) is 3. The van der Waals surface area contributed by atoms with Gasteiger partial charge in [-0.3, -0.25) is 33.8 Å².